The van der Waals surface area contributed by atoms with Crippen LogP contribution in [-0.2, 0) is 4.79 Å². The van der Waals surface area contributed by atoms with Crippen LogP contribution in [0, 0.1) is 0 Å². The first-order valence-electron chi connectivity index (χ1n) is 3.67. The molecule has 0 aromatic carbocycles. The minimum atomic E-state index is 0. The molecule has 0 bridgehead atoms. The molecule has 2 rings (SSSR count). The SMILES string of the molecule is O=C1CC=C2C=CC=CC=C12.[K].[K]. The molecular weight excluding hydrogens is 214 g/mol. The van der Waals surface area contributed by atoms with Gasteiger partial charge >= 0.3 is 0 Å². The summed E-state index contributed by atoms with van der Waals surface area (Å²) in [5.41, 5.74) is 1.93. The Morgan fingerprint density at radius 1 is 1.08 bits per heavy atom. The van der Waals surface area contributed by atoms with Gasteiger partial charge in [-0.05, 0) is 5.57 Å². The quantitative estimate of drug-likeness (QED) is 0.563. The Hall–Kier alpha value is 1.90. The molecule has 0 atom stereocenters. The normalized spacial score (nSPS) is 17.7. The Kier molecular flexibility index (Phi) is 8.28. The third-order valence-electron chi connectivity index (χ3n) is 1.88. The van der Waals surface area contributed by atoms with E-state index in [0.717, 1.165) is 11.1 Å². The van der Waals surface area contributed by atoms with Crippen molar-refractivity contribution in [2.45, 2.75) is 6.42 Å². The summed E-state index contributed by atoms with van der Waals surface area (Å²) >= 11 is 0. The van der Waals surface area contributed by atoms with Gasteiger partial charge in [0.15, 0.2) is 5.78 Å². The average Bonchev–Trinajstić information content (AvgIpc) is 2.25. The van der Waals surface area contributed by atoms with Crippen LogP contribution in [-0.4, -0.2) is 109 Å². The third-order valence-corrected chi connectivity index (χ3v) is 1.88. The molecule has 0 aromatic rings. The number of carbonyl (C=O) groups is 1. The van der Waals surface area contributed by atoms with Crippen LogP contribution in [0.1, 0.15) is 6.42 Å². The van der Waals surface area contributed by atoms with Crippen LogP contribution in [0.25, 0.3) is 0 Å². The predicted molar refractivity (Wildman–Crippen MR) is 55.6 cm³/mol. The number of fused-ring (bicyclic) bond motifs is 1. The molecule has 0 saturated carbocycles. The molecule has 2 aliphatic carbocycles. The Morgan fingerprint density at radius 3 is 2.62 bits per heavy atom. The molecule has 0 saturated heterocycles. The van der Waals surface area contributed by atoms with Crippen molar-refractivity contribution in [2.24, 2.45) is 0 Å². The summed E-state index contributed by atoms with van der Waals surface area (Å²) in [5, 5.41) is 0. The molecule has 0 N–H and O–H groups in total. The van der Waals surface area contributed by atoms with Gasteiger partial charge in [-0.25, -0.2) is 0 Å². The summed E-state index contributed by atoms with van der Waals surface area (Å²) in [6.07, 6.45) is 12.2. The van der Waals surface area contributed by atoms with E-state index < -0.39 is 0 Å². The van der Waals surface area contributed by atoms with E-state index in [9.17, 15) is 4.79 Å². The number of rotatable bonds is 0. The predicted octanol–water partition coefficient (Wildman–Crippen LogP) is 1.18. The molecule has 0 heterocycles. The first kappa shape index (κ1) is 14.9. The topological polar surface area (TPSA) is 17.1 Å². The summed E-state index contributed by atoms with van der Waals surface area (Å²) in [4.78, 5) is 11.2. The van der Waals surface area contributed by atoms with Gasteiger partial charge in [-0.3, -0.25) is 4.79 Å². The first-order chi connectivity index (χ1) is 5.38. The smallest absolute Gasteiger partial charge is 0.167 e. The first-order valence-corrected chi connectivity index (χ1v) is 3.67. The molecule has 0 aromatic heterocycles. The molecule has 0 fully saturated rings. The van der Waals surface area contributed by atoms with Crippen molar-refractivity contribution in [3.63, 3.8) is 0 Å². The van der Waals surface area contributed by atoms with E-state index in [2.05, 4.69) is 0 Å². The molecule has 56 valence electrons. The van der Waals surface area contributed by atoms with E-state index in [1.807, 2.05) is 36.5 Å². The van der Waals surface area contributed by atoms with Crippen LogP contribution >= 0.6 is 0 Å². The monoisotopic (exact) mass is 222 g/mol. The van der Waals surface area contributed by atoms with Gasteiger partial charge in [-0.1, -0.05) is 36.5 Å². The summed E-state index contributed by atoms with van der Waals surface area (Å²) in [5.74, 6) is 0.233. The standard InChI is InChI=1S/C10H8O.2K/c11-10-7-6-8-4-2-1-3-5-9(8)10;;/h1-6H,7H2;;. The van der Waals surface area contributed by atoms with Crippen molar-refractivity contribution < 1.29 is 4.79 Å². The molecule has 0 unspecified atom stereocenters. The zero-order chi connectivity index (χ0) is 7.68. The maximum atomic E-state index is 11.2. The van der Waals surface area contributed by atoms with Crippen LogP contribution in [0.3, 0.4) is 0 Å². The Balaban J connectivity index is 0.000000720. The molecule has 0 aliphatic heterocycles. The molecule has 0 spiro atoms. The Labute approximate surface area is 163 Å². The van der Waals surface area contributed by atoms with Crippen LogP contribution in [0.4, 0.5) is 0 Å². The fourth-order valence-corrected chi connectivity index (χ4v) is 1.31. The second-order valence-corrected chi connectivity index (χ2v) is 2.61. The molecule has 2 aliphatic rings. The van der Waals surface area contributed by atoms with Gasteiger partial charge in [0.1, 0.15) is 0 Å². The number of allylic oxidation sites excluding steroid dienone is 8. The van der Waals surface area contributed by atoms with Gasteiger partial charge in [0, 0.05) is 115 Å². The number of ketones is 1. The van der Waals surface area contributed by atoms with E-state index in [4.69, 9.17) is 0 Å². The summed E-state index contributed by atoms with van der Waals surface area (Å²) in [7, 11) is 0. The van der Waals surface area contributed by atoms with E-state index in [1.165, 1.54) is 0 Å². The molecular formula is C10H8K2O. The zero-order valence-corrected chi connectivity index (χ0v) is 14.3. The fraction of sp³-hybridized carbons (Fsp3) is 0.100. The van der Waals surface area contributed by atoms with Crippen molar-refractivity contribution in [3.05, 3.63) is 47.6 Å². The third kappa shape index (κ3) is 3.76. The number of hydrogen-bond donors (Lipinski definition) is 0. The van der Waals surface area contributed by atoms with Crippen LogP contribution < -0.4 is 0 Å². The Morgan fingerprint density at radius 2 is 1.85 bits per heavy atom. The second kappa shape index (κ2) is 7.22. The van der Waals surface area contributed by atoms with Crippen LogP contribution in [0.2, 0.25) is 0 Å². The molecule has 3 heteroatoms. The van der Waals surface area contributed by atoms with Gasteiger partial charge in [-0.15, -0.1) is 0 Å². The van der Waals surface area contributed by atoms with Crippen molar-refractivity contribution in [1.29, 1.82) is 0 Å². The van der Waals surface area contributed by atoms with Gasteiger partial charge in [-0.2, -0.15) is 0 Å². The van der Waals surface area contributed by atoms with Crippen molar-refractivity contribution in [1.82, 2.24) is 0 Å². The Bertz CT molecular complexity index is 322. The van der Waals surface area contributed by atoms with Gasteiger partial charge in [0.25, 0.3) is 0 Å². The van der Waals surface area contributed by atoms with Gasteiger partial charge in [0.2, 0.25) is 0 Å². The number of carbonyl (C=O) groups excluding carboxylic acids is 1. The molecule has 0 amide bonds. The van der Waals surface area contributed by atoms with E-state index >= 15 is 0 Å². The molecule has 2 radical (unpaired) electrons. The van der Waals surface area contributed by atoms with Crippen LogP contribution in [0.5, 0.6) is 0 Å². The largest absolute Gasteiger partial charge is 0.294 e. The van der Waals surface area contributed by atoms with Crippen LogP contribution in [0.15, 0.2) is 47.6 Å². The summed E-state index contributed by atoms with van der Waals surface area (Å²) < 4.78 is 0. The van der Waals surface area contributed by atoms with Gasteiger partial charge in [0.05, 0.1) is 0 Å². The fourth-order valence-electron chi connectivity index (χ4n) is 1.31. The average molecular weight is 222 g/mol. The summed E-state index contributed by atoms with van der Waals surface area (Å²) in [6, 6.07) is 0. The van der Waals surface area contributed by atoms with Crippen molar-refractivity contribution in [3.8, 4) is 0 Å². The van der Waals surface area contributed by atoms with Crippen molar-refractivity contribution in [2.75, 3.05) is 0 Å². The number of hydrogen-bond acceptors (Lipinski definition) is 1. The molecule has 1 nitrogen and oxygen atoms in total. The van der Waals surface area contributed by atoms with E-state index in [-0.39, 0.29) is 109 Å². The molecule has 13 heavy (non-hydrogen) atoms. The minimum absolute atomic E-state index is 0. The van der Waals surface area contributed by atoms with E-state index in [0.29, 0.717) is 6.42 Å². The van der Waals surface area contributed by atoms with Crippen molar-refractivity contribution >= 4 is 109 Å². The summed E-state index contributed by atoms with van der Waals surface area (Å²) in [6.45, 7) is 0. The van der Waals surface area contributed by atoms with Gasteiger partial charge < -0.3 is 0 Å². The maximum absolute atomic E-state index is 11.2. The maximum Gasteiger partial charge on any atom is 0.167 e. The minimum Gasteiger partial charge on any atom is -0.294 e. The van der Waals surface area contributed by atoms with E-state index in [1.54, 1.807) is 0 Å². The second-order valence-electron chi connectivity index (χ2n) is 2.61. The number of Topliss-reactive ketones (excluding diaryl/α,β-unsaturated/α-hetero) is 1. The zero-order valence-electron chi connectivity index (χ0n) is 8.08.